The van der Waals surface area contributed by atoms with Gasteiger partial charge in [0.15, 0.2) is 6.10 Å². The molecule has 1 amide bonds. The molecule has 1 unspecified atom stereocenters. The number of hydrogen-bond acceptors (Lipinski definition) is 3. The molecule has 3 aromatic rings. The normalized spacial score (nSPS) is 14.0. The molecule has 1 aliphatic heterocycles. The molecule has 37 heavy (non-hydrogen) atoms. The van der Waals surface area contributed by atoms with Crippen LogP contribution < -0.4 is 0 Å². The lowest BCUT2D eigenvalue weighted by Crippen LogP contribution is -2.28. The summed E-state index contributed by atoms with van der Waals surface area (Å²) >= 11 is 0. The zero-order chi connectivity index (χ0) is 27.2. The minimum Gasteiger partial charge on any atom is -0.479 e. The lowest BCUT2D eigenvalue weighted by Gasteiger charge is -2.29. The number of carboxylic acid groups (broad SMARTS) is 1. The Balaban J connectivity index is 1.90. The van der Waals surface area contributed by atoms with Gasteiger partial charge < -0.3 is 14.7 Å². The van der Waals surface area contributed by atoms with Crippen LogP contribution in [0.15, 0.2) is 42.5 Å². The first-order valence-corrected chi connectivity index (χ1v) is 12.1. The molecule has 4 rings (SSSR count). The number of carbonyl (C=O) groups excluding carboxylic acids is 1. The highest BCUT2D eigenvalue weighted by Gasteiger charge is 2.36. The van der Waals surface area contributed by atoms with Crippen molar-refractivity contribution in [3.63, 3.8) is 0 Å². The van der Waals surface area contributed by atoms with Gasteiger partial charge in [-0.3, -0.25) is 4.79 Å². The number of carbonyl (C=O) groups is 2. The third-order valence-corrected chi connectivity index (χ3v) is 6.76. The van der Waals surface area contributed by atoms with Gasteiger partial charge in [0.2, 0.25) is 0 Å². The molecular weight excluding hydrogens is 476 g/mol. The second-order valence-electron chi connectivity index (χ2n) is 10.6. The number of halogens is 2. The Morgan fingerprint density at radius 1 is 0.946 bits per heavy atom. The summed E-state index contributed by atoms with van der Waals surface area (Å²) in [4.78, 5) is 27.2. The van der Waals surface area contributed by atoms with Gasteiger partial charge in [-0.25, -0.2) is 13.6 Å². The van der Waals surface area contributed by atoms with Crippen molar-refractivity contribution in [3.8, 4) is 11.1 Å². The van der Waals surface area contributed by atoms with Gasteiger partial charge in [0, 0.05) is 18.7 Å². The summed E-state index contributed by atoms with van der Waals surface area (Å²) in [5.41, 5.74) is 5.35. The maximum Gasteiger partial charge on any atom is 0.337 e. The number of carboxylic acids is 1. The fraction of sp³-hybridized carbons (Fsp3) is 0.333. The highest BCUT2D eigenvalue weighted by molar-refractivity contribution is 5.95. The molecule has 0 aliphatic carbocycles. The molecule has 194 valence electrons. The van der Waals surface area contributed by atoms with E-state index in [1.165, 1.54) is 4.90 Å². The molecule has 0 spiro atoms. The predicted octanol–water partition coefficient (Wildman–Crippen LogP) is 6.65. The van der Waals surface area contributed by atoms with Crippen molar-refractivity contribution in [2.45, 2.75) is 66.3 Å². The van der Waals surface area contributed by atoms with Crippen molar-refractivity contribution in [1.29, 1.82) is 0 Å². The summed E-state index contributed by atoms with van der Waals surface area (Å²) in [6, 6.07) is 10.6. The summed E-state index contributed by atoms with van der Waals surface area (Å²) in [6.45, 7) is 11.5. The summed E-state index contributed by atoms with van der Waals surface area (Å²) in [6.07, 6.45) is -1.24. The minimum absolute atomic E-state index is 0.153. The molecule has 0 saturated heterocycles. The van der Waals surface area contributed by atoms with Crippen LogP contribution in [0.4, 0.5) is 8.78 Å². The van der Waals surface area contributed by atoms with Crippen LogP contribution >= 0.6 is 0 Å². The van der Waals surface area contributed by atoms with Gasteiger partial charge in [-0.1, -0.05) is 29.8 Å². The number of aryl methyl sites for hydroxylation is 1. The third kappa shape index (κ3) is 5.14. The van der Waals surface area contributed by atoms with Crippen molar-refractivity contribution >= 4 is 11.9 Å². The number of rotatable bonds is 5. The van der Waals surface area contributed by atoms with E-state index in [4.69, 9.17) is 4.74 Å². The monoisotopic (exact) mass is 507 g/mol. The molecule has 1 heterocycles. The Bertz CT molecular complexity index is 1390. The van der Waals surface area contributed by atoms with Crippen LogP contribution in [0.1, 0.15) is 70.6 Å². The third-order valence-electron chi connectivity index (χ3n) is 6.76. The van der Waals surface area contributed by atoms with E-state index in [1.807, 2.05) is 45.0 Å². The predicted molar refractivity (Wildman–Crippen MR) is 137 cm³/mol. The van der Waals surface area contributed by atoms with E-state index >= 15 is 0 Å². The van der Waals surface area contributed by atoms with E-state index in [-0.39, 0.29) is 18.7 Å². The summed E-state index contributed by atoms with van der Waals surface area (Å²) in [7, 11) is 0. The van der Waals surface area contributed by atoms with E-state index in [1.54, 1.807) is 20.8 Å². The van der Waals surface area contributed by atoms with Crippen LogP contribution in [0.2, 0.25) is 0 Å². The molecule has 3 aromatic carbocycles. The van der Waals surface area contributed by atoms with Crippen LogP contribution in [-0.4, -0.2) is 27.5 Å². The standard InChI is InChI=1S/C30H31F2NO4/c1-16-7-9-19(10-8-16)25-17(2)22-14-33(28(34)21-13-20(31)11-12-24(21)32)15-23(22)18(3)26(25)27(29(35)36)37-30(4,5)6/h7-13,27H,14-15H2,1-6H3,(H,35,36). The van der Waals surface area contributed by atoms with E-state index in [0.717, 1.165) is 51.6 Å². The average Bonchev–Trinajstić information content (AvgIpc) is 3.27. The van der Waals surface area contributed by atoms with E-state index < -0.39 is 35.2 Å². The first-order chi connectivity index (χ1) is 17.3. The maximum atomic E-state index is 14.4. The Morgan fingerprint density at radius 2 is 1.54 bits per heavy atom. The molecule has 1 atom stereocenters. The zero-order valence-corrected chi connectivity index (χ0v) is 21.9. The number of hydrogen-bond donors (Lipinski definition) is 1. The van der Waals surface area contributed by atoms with Gasteiger partial charge in [0.05, 0.1) is 11.2 Å². The van der Waals surface area contributed by atoms with Gasteiger partial charge in [-0.2, -0.15) is 0 Å². The molecule has 1 aliphatic rings. The van der Waals surface area contributed by atoms with Crippen LogP contribution in [0.5, 0.6) is 0 Å². The van der Waals surface area contributed by atoms with Gasteiger partial charge in [0.1, 0.15) is 11.6 Å². The number of nitrogens with zero attached hydrogens (tertiary/aromatic N) is 1. The Kier molecular flexibility index (Phi) is 6.95. The van der Waals surface area contributed by atoms with Crippen molar-refractivity contribution in [1.82, 2.24) is 4.90 Å². The van der Waals surface area contributed by atoms with Gasteiger partial charge in [0.25, 0.3) is 5.91 Å². The van der Waals surface area contributed by atoms with Gasteiger partial charge >= 0.3 is 5.97 Å². The van der Waals surface area contributed by atoms with Crippen molar-refractivity contribution in [2.75, 3.05) is 0 Å². The largest absolute Gasteiger partial charge is 0.479 e. The number of fused-ring (bicyclic) bond motifs is 1. The fourth-order valence-corrected chi connectivity index (χ4v) is 5.00. The smallest absolute Gasteiger partial charge is 0.337 e. The van der Waals surface area contributed by atoms with Crippen LogP contribution in [0, 0.1) is 32.4 Å². The van der Waals surface area contributed by atoms with Crippen LogP contribution in [0.3, 0.4) is 0 Å². The maximum absolute atomic E-state index is 14.4. The number of aliphatic carboxylic acids is 1. The lowest BCUT2D eigenvalue weighted by atomic mass is 9.83. The van der Waals surface area contributed by atoms with Crippen molar-refractivity contribution in [3.05, 3.63) is 93.0 Å². The topological polar surface area (TPSA) is 66.8 Å². The van der Waals surface area contributed by atoms with Crippen molar-refractivity contribution in [2.24, 2.45) is 0 Å². The van der Waals surface area contributed by atoms with E-state index in [0.29, 0.717) is 11.1 Å². The molecule has 0 fully saturated rings. The highest BCUT2D eigenvalue weighted by Crippen LogP contribution is 2.44. The number of benzene rings is 3. The Labute approximate surface area is 215 Å². The molecule has 0 aromatic heterocycles. The minimum atomic E-state index is -1.24. The first kappa shape index (κ1) is 26.5. The molecule has 0 saturated carbocycles. The van der Waals surface area contributed by atoms with Crippen molar-refractivity contribution < 1.29 is 28.2 Å². The molecule has 5 nitrogen and oxygen atoms in total. The van der Waals surface area contributed by atoms with E-state index in [9.17, 15) is 23.5 Å². The van der Waals surface area contributed by atoms with Crippen LogP contribution in [0.25, 0.3) is 11.1 Å². The van der Waals surface area contributed by atoms with E-state index in [2.05, 4.69) is 0 Å². The van der Waals surface area contributed by atoms with Gasteiger partial charge in [-0.05, 0) is 93.1 Å². The zero-order valence-electron chi connectivity index (χ0n) is 21.9. The number of amides is 1. The first-order valence-electron chi connectivity index (χ1n) is 12.1. The molecule has 0 bridgehead atoms. The Morgan fingerprint density at radius 3 is 2.11 bits per heavy atom. The Hall–Kier alpha value is -3.58. The molecule has 1 N–H and O–H groups in total. The molecular formula is C30H31F2NO4. The summed E-state index contributed by atoms with van der Waals surface area (Å²) in [5.74, 6) is -3.22. The highest BCUT2D eigenvalue weighted by atomic mass is 19.1. The second-order valence-corrected chi connectivity index (χ2v) is 10.6. The molecule has 0 radical (unpaired) electrons. The second kappa shape index (κ2) is 9.71. The summed E-state index contributed by atoms with van der Waals surface area (Å²) < 4.78 is 34.3. The quantitative estimate of drug-likeness (QED) is 0.420. The number of ether oxygens (including phenoxy) is 1. The SMILES string of the molecule is Cc1ccc(-c2c(C)c3c(c(C)c2C(OC(C)(C)C)C(=O)O)CN(C(=O)c2cc(F)ccc2F)C3)cc1. The fourth-order valence-electron chi connectivity index (χ4n) is 5.00. The molecule has 7 heteroatoms. The lowest BCUT2D eigenvalue weighted by molar-refractivity contribution is -0.160. The van der Waals surface area contributed by atoms with Gasteiger partial charge in [-0.15, -0.1) is 0 Å². The van der Waals surface area contributed by atoms with Crippen LogP contribution in [-0.2, 0) is 22.6 Å². The summed E-state index contributed by atoms with van der Waals surface area (Å²) in [5, 5.41) is 10.2. The average molecular weight is 508 g/mol.